The molecule has 0 spiro atoms. The number of carbonyl (C=O) groups excluding carboxylic acids is 3. The zero-order valence-electron chi connectivity index (χ0n) is 31.7. The van der Waals surface area contributed by atoms with Gasteiger partial charge in [0.25, 0.3) is 0 Å². The standard InChI is InChI=1S/C42H54N4O6S/c1-7-10-11-15-20-46(5)40(48)32-22-29(21-31(32)38(47)45-42(24-28(42)8-2)41(49)51-9-3)52-36-23-33(43-37-26(4)35(50-6)19-18-30(36)37)34-25-53-39(44-34)27-16-13-12-14-17-27/h7-8,18-19,23,25,27-29,31-32H,1-2,9-17,20-22,24H2,3-6H3,(H,45,47)/t28-,29-,31-,32-,42-/m1/s1. The Kier molecular flexibility index (Phi) is 12.2. The van der Waals surface area contributed by atoms with Crippen LogP contribution in [0.3, 0.4) is 0 Å². The fourth-order valence-electron chi connectivity index (χ4n) is 8.21. The minimum atomic E-state index is -1.16. The first-order valence-electron chi connectivity index (χ1n) is 19.2. The molecule has 3 aliphatic rings. The predicted octanol–water partition coefficient (Wildman–Crippen LogP) is 7.94. The molecule has 53 heavy (non-hydrogen) atoms. The molecular formula is C42H54N4O6S. The Morgan fingerprint density at radius 3 is 2.53 bits per heavy atom. The van der Waals surface area contributed by atoms with E-state index in [0.29, 0.717) is 43.2 Å². The number of aryl methyl sites for hydroxylation is 1. The summed E-state index contributed by atoms with van der Waals surface area (Å²) in [6.45, 7) is 12.2. The van der Waals surface area contributed by atoms with E-state index in [4.69, 9.17) is 24.2 Å². The second kappa shape index (κ2) is 16.8. The highest BCUT2D eigenvalue weighted by Gasteiger charge is 2.62. The van der Waals surface area contributed by atoms with Crippen LogP contribution in [0.25, 0.3) is 22.3 Å². The van der Waals surface area contributed by atoms with E-state index in [0.717, 1.165) is 65.0 Å². The lowest BCUT2D eigenvalue weighted by Crippen LogP contribution is -2.50. The monoisotopic (exact) mass is 742 g/mol. The van der Waals surface area contributed by atoms with Gasteiger partial charge >= 0.3 is 5.97 Å². The fraction of sp³-hybridized carbons (Fsp3) is 0.548. The molecule has 2 heterocycles. The minimum absolute atomic E-state index is 0.102. The van der Waals surface area contributed by atoms with E-state index in [1.807, 2.05) is 31.2 Å². The first-order chi connectivity index (χ1) is 25.6. The minimum Gasteiger partial charge on any atom is -0.496 e. The molecule has 0 radical (unpaired) electrons. The highest BCUT2D eigenvalue weighted by molar-refractivity contribution is 7.10. The SMILES string of the molecule is C=CCCCCN(C)C(=O)[C@@H]1C[C@H](Oc2cc(-c3csc(C4CCCCC4)n3)nc3c(C)c(OC)ccc23)C[C@H]1C(=O)N[C@]1(C(=O)OCC)C[C@H]1C=C. The van der Waals surface area contributed by atoms with Crippen molar-refractivity contribution in [3.63, 3.8) is 0 Å². The Morgan fingerprint density at radius 2 is 1.83 bits per heavy atom. The second-order valence-electron chi connectivity index (χ2n) is 14.9. The molecule has 11 heteroatoms. The van der Waals surface area contributed by atoms with Gasteiger partial charge in [-0.05, 0) is 77.3 Å². The maximum absolute atomic E-state index is 14.2. The zero-order valence-corrected chi connectivity index (χ0v) is 32.5. The quantitative estimate of drug-likeness (QED) is 0.0893. The molecule has 6 rings (SSSR count). The molecule has 0 unspecified atom stereocenters. The Labute approximate surface area is 317 Å². The van der Waals surface area contributed by atoms with Crippen LogP contribution in [0.5, 0.6) is 11.5 Å². The molecule has 0 saturated heterocycles. The summed E-state index contributed by atoms with van der Waals surface area (Å²) in [5, 5.41) is 7.07. The van der Waals surface area contributed by atoms with Crippen LogP contribution in [0, 0.1) is 24.7 Å². The van der Waals surface area contributed by atoms with Crippen molar-refractivity contribution in [3.05, 3.63) is 59.5 Å². The number of allylic oxidation sites excluding steroid dienone is 1. The van der Waals surface area contributed by atoms with Gasteiger partial charge in [0.15, 0.2) is 0 Å². The molecule has 3 aromatic rings. The van der Waals surface area contributed by atoms with Gasteiger partial charge in [0.1, 0.15) is 23.1 Å². The molecule has 3 fully saturated rings. The maximum Gasteiger partial charge on any atom is 0.332 e. The molecule has 1 N–H and O–H groups in total. The van der Waals surface area contributed by atoms with Gasteiger partial charge in [-0.2, -0.15) is 0 Å². The smallest absolute Gasteiger partial charge is 0.332 e. The van der Waals surface area contributed by atoms with Gasteiger partial charge in [-0.15, -0.1) is 24.5 Å². The Bertz CT molecular complexity index is 1840. The zero-order chi connectivity index (χ0) is 37.7. The largest absolute Gasteiger partial charge is 0.496 e. The number of hydrogen-bond acceptors (Lipinski definition) is 9. The molecule has 3 saturated carbocycles. The van der Waals surface area contributed by atoms with E-state index < -0.39 is 29.4 Å². The summed E-state index contributed by atoms with van der Waals surface area (Å²) < 4.78 is 17.9. The number of unbranched alkanes of at least 4 members (excludes halogenated alkanes) is 2. The van der Waals surface area contributed by atoms with Gasteiger partial charge in [0.05, 0.1) is 47.5 Å². The number of carbonyl (C=O) groups is 3. The summed E-state index contributed by atoms with van der Waals surface area (Å²) in [4.78, 5) is 53.2. The molecule has 284 valence electrons. The average molecular weight is 743 g/mol. The maximum atomic E-state index is 14.2. The second-order valence-corrected chi connectivity index (χ2v) is 15.8. The van der Waals surface area contributed by atoms with Crippen LogP contribution in [0.2, 0.25) is 0 Å². The molecule has 0 aliphatic heterocycles. The number of aromatic nitrogens is 2. The first kappa shape index (κ1) is 38.5. The topological polar surface area (TPSA) is 120 Å². The van der Waals surface area contributed by atoms with Crippen molar-refractivity contribution in [1.82, 2.24) is 20.2 Å². The lowest BCUT2D eigenvalue weighted by Gasteiger charge is -2.26. The number of pyridine rings is 1. The Morgan fingerprint density at radius 1 is 1.06 bits per heavy atom. The van der Waals surface area contributed by atoms with E-state index >= 15 is 0 Å². The molecule has 1 aromatic carbocycles. The number of esters is 1. The van der Waals surface area contributed by atoms with Crippen LogP contribution < -0.4 is 14.8 Å². The highest BCUT2D eigenvalue weighted by Crippen LogP contribution is 2.47. The van der Waals surface area contributed by atoms with E-state index in [9.17, 15) is 14.4 Å². The van der Waals surface area contributed by atoms with E-state index in [1.54, 1.807) is 43.4 Å². The van der Waals surface area contributed by atoms with Crippen molar-refractivity contribution in [2.45, 2.75) is 102 Å². The van der Waals surface area contributed by atoms with Crippen molar-refractivity contribution in [2.75, 3.05) is 27.3 Å². The fourth-order valence-corrected chi connectivity index (χ4v) is 9.19. The number of fused-ring (bicyclic) bond motifs is 1. The highest BCUT2D eigenvalue weighted by atomic mass is 32.1. The normalized spacial score (nSPS) is 24.0. The lowest BCUT2D eigenvalue weighted by molar-refractivity contribution is -0.150. The molecule has 2 aromatic heterocycles. The summed E-state index contributed by atoms with van der Waals surface area (Å²) in [6.07, 6.45) is 12.9. The van der Waals surface area contributed by atoms with Crippen LogP contribution in [0.15, 0.2) is 48.9 Å². The van der Waals surface area contributed by atoms with Crippen molar-refractivity contribution in [1.29, 1.82) is 0 Å². The van der Waals surface area contributed by atoms with E-state index in [2.05, 4.69) is 23.9 Å². The van der Waals surface area contributed by atoms with Crippen molar-refractivity contribution >= 4 is 40.0 Å². The van der Waals surface area contributed by atoms with Crippen LogP contribution in [0.1, 0.15) is 94.0 Å². The van der Waals surface area contributed by atoms with Crippen molar-refractivity contribution < 1.29 is 28.6 Å². The number of rotatable bonds is 16. The molecule has 2 amide bonds. The summed E-state index contributed by atoms with van der Waals surface area (Å²) in [5.74, 6) is -0.649. The molecule has 3 aliphatic carbocycles. The number of amides is 2. The van der Waals surface area contributed by atoms with Gasteiger partial charge in [-0.1, -0.05) is 31.4 Å². The third kappa shape index (κ3) is 8.15. The van der Waals surface area contributed by atoms with Crippen LogP contribution in [-0.2, 0) is 19.1 Å². The number of thiazole rings is 1. The summed E-state index contributed by atoms with van der Waals surface area (Å²) in [5.41, 5.74) is 2.00. The number of methoxy groups -OCH3 is 1. The van der Waals surface area contributed by atoms with Crippen molar-refractivity contribution in [2.24, 2.45) is 17.8 Å². The van der Waals surface area contributed by atoms with Gasteiger partial charge < -0.3 is 24.4 Å². The van der Waals surface area contributed by atoms with Gasteiger partial charge in [-0.3, -0.25) is 9.59 Å². The third-order valence-electron chi connectivity index (χ3n) is 11.4. The van der Waals surface area contributed by atoms with Crippen LogP contribution >= 0.6 is 11.3 Å². The van der Waals surface area contributed by atoms with Gasteiger partial charge in [-0.25, -0.2) is 14.8 Å². The Hall–Kier alpha value is -4.25. The summed E-state index contributed by atoms with van der Waals surface area (Å²) in [6, 6.07) is 5.81. The third-order valence-corrected chi connectivity index (χ3v) is 12.4. The van der Waals surface area contributed by atoms with Crippen molar-refractivity contribution in [3.8, 4) is 22.9 Å². The number of nitrogens with zero attached hydrogens (tertiary/aromatic N) is 3. The molecule has 5 atom stereocenters. The van der Waals surface area contributed by atoms with Crippen LogP contribution in [-0.4, -0.2) is 71.6 Å². The lowest BCUT2D eigenvalue weighted by atomic mass is 9.90. The van der Waals surface area contributed by atoms with Gasteiger partial charge in [0.2, 0.25) is 11.8 Å². The summed E-state index contributed by atoms with van der Waals surface area (Å²) in [7, 11) is 3.44. The van der Waals surface area contributed by atoms with E-state index in [-0.39, 0.29) is 24.3 Å². The number of ether oxygens (including phenoxy) is 3. The Balaban J connectivity index is 1.31. The number of hydrogen-bond donors (Lipinski definition) is 1. The number of nitrogens with one attached hydrogen (secondary N) is 1. The molecular weight excluding hydrogens is 689 g/mol. The van der Waals surface area contributed by atoms with Gasteiger partial charge in [0, 0.05) is 47.8 Å². The number of benzene rings is 1. The first-order valence-corrected chi connectivity index (χ1v) is 20.1. The average Bonchev–Trinajstić information content (AvgIpc) is 3.45. The van der Waals surface area contributed by atoms with E-state index in [1.165, 1.54) is 19.3 Å². The molecule has 10 nitrogen and oxygen atoms in total. The summed E-state index contributed by atoms with van der Waals surface area (Å²) >= 11 is 1.69. The molecule has 0 bridgehead atoms. The predicted molar refractivity (Wildman–Crippen MR) is 208 cm³/mol. The van der Waals surface area contributed by atoms with Crippen LogP contribution in [0.4, 0.5) is 0 Å².